The molecule has 1 aromatic heterocycles. The van der Waals surface area contributed by atoms with Gasteiger partial charge in [0.1, 0.15) is 6.61 Å². The number of nitro benzene ring substituents is 1. The van der Waals surface area contributed by atoms with E-state index >= 15 is 0 Å². The second kappa shape index (κ2) is 7.91. The number of thiazole rings is 1. The van der Waals surface area contributed by atoms with Gasteiger partial charge in [-0.1, -0.05) is 13.8 Å². The van der Waals surface area contributed by atoms with Gasteiger partial charge in [0.15, 0.2) is 5.75 Å². The average molecular weight is 412 g/mol. The molecule has 1 aliphatic heterocycles. The minimum atomic E-state index is -3.72. The van der Waals surface area contributed by atoms with Crippen molar-refractivity contribution in [3.05, 3.63) is 44.4 Å². The Balaban J connectivity index is 1.82. The van der Waals surface area contributed by atoms with Gasteiger partial charge in [-0.3, -0.25) is 10.1 Å². The first-order valence-electron chi connectivity index (χ1n) is 8.64. The predicted molar refractivity (Wildman–Crippen MR) is 102 cm³/mol. The van der Waals surface area contributed by atoms with Crippen LogP contribution in [-0.2, 0) is 16.6 Å². The van der Waals surface area contributed by atoms with Gasteiger partial charge in [0.2, 0.25) is 10.0 Å². The summed E-state index contributed by atoms with van der Waals surface area (Å²) in [6, 6.07) is 3.77. The van der Waals surface area contributed by atoms with E-state index in [4.69, 9.17) is 4.74 Å². The molecule has 1 aliphatic rings. The smallest absolute Gasteiger partial charge is 0.312 e. The zero-order valence-electron chi connectivity index (χ0n) is 15.1. The van der Waals surface area contributed by atoms with Crippen molar-refractivity contribution in [2.75, 3.05) is 13.1 Å². The third kappa shape index (κ3) is 4.28. The van der Waals surface area contributed by atoms with Crippen molar-refractivity contribution in [3.8, 4) is 5.75 Å². The van der Waals surface area contributed by atoms with E-state index in [-0.39, 0.29) is 22.9 Å². The van der Waals surface area contributed by atoms with Crippen LogP contribution in [0.5, 0.6) is 5.75 Å². The Morgan fingerprint density at radius 2 is 2.04 bits per heavy atom. The predicted octanol–water partition coefficient (Wildman–Crippen LogP) is 3.54. The van der Waals surface area contributed by atoms with Crippen molar-refractivity contribution in [2.45, 2.75) is 44.1 Å². The maximum absolute atomic E-state index is 12.6. The molecule has 0 saturated carbocycles. The van der Waals surface area contributed by atoms with Crippen molar-refractivity contribution in [1.82, 2.24) is 9.29 Å². The number of sulfonamides is 1. The Morgan fingerprint density at radius 3 is 2.63 bits per heavy atom. The van der Waals surface area contributed by atoms with Crippen LogP contribution in [0.4, 0.5) is 5.69 Å². The topological polar surface area (TPSA) is 103 Å². The molecular weight excluding hydrogens is 390 g/mol. The number of nitrogens with zero attached hydrogens (tertiary/aromatic N) is 3. The van der Waals surface area contributed by atoms with Crippen LogP contribution < -0.4 is 4.74 Å². The SMILES string of the molecule is CC(C)c1nc(COc2ccc(S(=O)(=O)N3CCCC3)cc2[N+](=O)[O-])cs1. The summed E-state index contributed by atoms with van der Waals surface area (Å²) in [6.45, 7) is 5.04. The summed E-state index contributed by atoms with van der Waals surface area (Å²) in [5, 5.41) is 14.3. The van der Waals surface area contributed by atoms with E-state index in [0.29, 0.717) is 24.7 Å². The van der Waals surface area contributed by atoms with Crippen molar-refractivity contribution < 1.29 is 18.1 Å². The highest BCUT2D eigenvalue weighted by Crippen LogP contribution is 2.32. The molecule has 0 aliphatic carbocycles. The maximum atomic E-state index is 12.6. The summed E-state index contributed by atoms with van der Waals surface area (Å²) in [4.78, 5) is 15.1. The molecule has 0 atom stereocenters. The van der Waals surface area contributed by atoms with Crippen molar-refractivity contribution in [3.63, 3.8) is 0 Å². The fraction of sp³-hybridized carbons (Fsp3) is 0.471. The Morgan fingerprint density at radius 1 is 1.33 bits per heavy atom. The molecule has 3 rings (SSSR count). The Hall–Kier alpha value is -2.04. The van der Waals surface area contributed by atoms with Gasteiger partial charge >= 0.3 is 5.69 Å². The lowest BCUT2D eigenvalue weighted by atomic mass is 10.2. The van der Waals surface area contributed by atoms with Gasteiger partial charge in [0.05, 0.1) is 20.5 Å². The summed E-state index contributed by atoms with van der Waals surface area (Å²) >= 11 is 1.51. The zero-order valence-corrected chi connectivity index (χ0v) is 16.8. The van der Waals surface area contributed by atoms with Gasteiger partial charge in [-0.2, -0.15) is 4.31 Å². The maximum Gasteiger partial charge on any atom is 0.312 e. The first-order chi connectivity index (χ1) is 12.8. The summed E-state index contributed by atoms with van der Waals surface area (Å²) in [7, 11) is -3.72. The fourth-order valence-electron chi connectivity index (χ4n) is 2.81. The van der Waals surface area contributed by atoms with Crippen molar-refractivity contribution >= 4 is 27.0 Å². The summed E-state index contributed by atoms with van der Waals surface area (Å²) in [5.41, 5.74) is 0.321. The van der Waals surface area contributed by atoms with Crippen LogP contribution in [0.3, 0.4) is 0 Å². The molecule has 0 radical (unpaired) electrons. The van der Waals surface area contributed by atoms with E-state index in [2.05, 4.69) is 4.98 Å². The number of hydrogen-bond acceptors (Lipinski definition) is 7. The van der Waals surface area contributed by atoms with Crippen LogP contribution >= 0.6 is 11.3 Å². The highest BCUT2D eigenvalue weighted by atomic mass is 32.2. The highest BCUT2D eigenvalue weighted by molar-refractivity contribution is 7.89. The van der Waals surface area contributed by atoms with Crippen molar-refractivity contribution in [2.24, 2.45) is 0 Å². The van der Waals surface area contributed by atoms with Gasteiger partial charge < -0.3 is 4.74 Å². The van der Waals surface area contributed by atoms with Gasteiger partial charge in [-0.05, 0) is 25.0 Å². The number of nitro groups is 1. The van der Waals surface area contributed by atoms with Crippen LogP contribution in [-0.4, -0.2) is 35.7 Å². The van der Waals surface area contributed by atoms with E-state index < -0.39 is 14.9 Å². The quantitative estimate of drug-likeness (QED) is 0.510. The summed E-state index contributed by atoms with van der Waals surface area (Å²) in [5.74, 6) is 0.327. The molecular formula is C17H21N3O5S2. The van der Waals surface area contributed by atoms with Gasteiger partial charge in [-0.15, -0.1) is 11.3 Å². The lowest BCUT2D eigenvalue weighted by molar-refractivity contribution is -0.386. The fourth-order valence-corrected chi connectivity index (χ4v) is 5.16. The van der Waals surface area contributed by atoms with E-state index in [1.807, 2.05) is 19.2 Å². The number of aromatic nitrogens is 1. The molecule has 2 heterocycles. The lowest BCUT2D eigenvalue weighted by Gasteiger charge is -2.15. The highest BCUT2D eigenvalue weighted by Gasteiger charge is 2.29. The van der Waals surface area contributed by atoms with Gasteiger partial charge in [-0.25, -0.2) is 13.4 Å². The third-order valence-electron chi connectivity index (χ3n) is 4.27. The van der Waals surface area contributed by atoms with Crippen LogP contribution in [0, 0.1) is 10.1 Å². The minimum Gasteiger partial charge on any atom is -0.480 e. The molecule has 27 heavy (non-hydrogen) atoms. The zero-order chi connectivity index (χ0) is 19.6. The second-order valence-corrected chi connectivity index (χ2v) is 9.45. The molecule has 1 saturated heterocycles. The first kappa shape index (κ1) is 19.7. The van der Waals surface area contributed by atoms with Crippen molar-refractivity contribution in [1.29, 1.82) is 0 Å². The molecule has 0 bridgehead atoms. The molecule has 0 amide bonds. The third-order valence-corrected chi connectivity index (χ3v) is 7.36. The van der Waals surface area contributed by atoms with E-state index in [0.717, 1.165) is 23.9 Å². The van der Waals surface area contributed by atoms with E-state index in [9.17, 15) is 18.5 Å². The summed E-state index contributed by atoms with van der Waals surface area (Å²) in [6.07, 6.45) is 1.60. The molecule has 2 aromatic rings. The molecule has 10 heteroatoms. The minimum absolute atomic E-state index is 0.0273. The number of hydrogen-bond donors (Lipinski definition) is 0. The Labute approximate surface area is 162 Å². The lowest BCUT2D eigenvalue weighted by Crippen LogP contribution is -2.27. The molecule has 0 spiro atoms. The molecule has 1 fully saturated rings. The molecule has 146 valence electrons. The molecule has 0 N–H and O–H groups in total. The largest absolute Gasteiger partial charge is 0.480 e. The van der Waals surface area contributed by atoms with Crippen LogP contribution in [0.2, 0.25) is 0 Å². The first-order valence-corrected chi connectivity index (χ1v) is 11.0. The van der Waals surface area contributed by atoms with Gasteiger partial charge in [0, 0.05) is 30.5 Å². The normalized spacial score (nSPS) is 15.4. The van der Waals surface area contributed by atoms with E-state index in [1.54, 1.807) is 0 Å². The Kier molecular flexibility index (Phi) is 5.78. The van der Waals surface area contributed by atoms with Crippen LogP contribution in [0.15, 0.2) is 28.5 Å². The second-order valence-electron chi connectivity index (χ2n) is 6.62. The van der Waals surface area contributed by atoms with Crippen LogP contribution in [0.1, 0.15) is 43.3 Å². The molecule has 8 nitrogen and oxygen atoms in total. The standard InChI is InChI=1S/C17H21N3O5S2/c1-12(2)17-18-13(11-26-17)10-25-16-6-5-14(9-15(16)20(21)22)27(23,24)19-7-3-4-8-19/h5-6,9,11-12H,3-4,7-8,10H2,1-2H3. The average Bonchev–Trinajstić information content (AvgIpc) is 3.31. The summed E-state index contributed by atoms with van der Waals surface area (Å²) < 4.78 is 32.2. The van der Waals surface area contributed by atoms with Crippen LogP contribution in [0.25, 0.3) is 0 Å². The molecule has 1 aromatic carbocycles. The number of ether oxygens (including phenoxy) is 1. The van der Waals surface area contributed by atoms with E-state index in [1.165, 1.54) is 27.8 Å². The molecule has 0 unspecified atom stereocenters. The monoisotopic (exact) mass is 411 g/mol. The number of rotatable bonds is 7. The Bertz CT molecular complexity index is 934. The van der Waals surface area contributed by atoms with Gasteiger partial charge in [0.25, 0.3) is 0 Å². The number of benzene rings is 1.